The van der Waals surface area contributed by atoms with E-state index >= 15 is 0 Å². The number of hydrogen-bond acceptors (Lipinski definition) is 1. The van der Waals surface area contributed by atoms with Gasteiger partial charge < -0.3 is 10.7 Å². The molecule has 0 aliphatic heterocycles. The van der Waals surface area contributed by atoms with E-state index in [0.29, 0.717) is 11.5 Å². The van der Waals surface area contributed by atoms with Gasteiger partial charge in [-0.25, -0.2) is 0 Å². The Balaban J connectivity index is 0.000000323. The largest absolute Gasteiger partial charge is 0.366 e. The standard InChI is InChI=1S/C22H26N2O.C8H10/c1-3-5-9-15(4-2)20-14-24-21-18(20)12-17(13-19(21)22(23)25)16-10-7-6-8-11-16;1-2-8-6-4-3-5-7-8/h6-8,10-15,24H,3-5,9H2,1-2H3,(H2,23,25);3-7H,2H2,1H3. The Morgan fingerprint density at radius 1 is 0.909 bits per heavy atom. The predicted octanol–water partition coefficient (Wildman–Crippen LogP) is 7.87. The summed E-state index contributed by atoms with van der Waals surface area (Å²) in [6.45, 7) is 6.62. The number of amides is 1. The Labute approximate surface area is 198 Å². The minimum atomic E-state index is -0.391. The molecule has 1 atom stereocenters. The number of primary amides is 1. The van der Waals surface area contributed by atoms with Gasteiger partial charge >= 0.3 is 0 Å². The first-order chi connectivity index (χ1) is 16.1. The number of nitrogens with two attached hydrogens (primary N) is 1. The fourth-order valence-corrected chi connectivity index (χ4v) is 4.33. The van der Waals surface area contributed by atoms with Crippen LogP contribution in [-0.2, 0) is 6.42 Å². The molecule has 0 aliphatic carbocycles. The van der Waals surface area contributed by atoms with E-state index in [1.807, 2.05) is 30.3 Å². The molecule has 3 heteroatoms. The van der Waals surface area contributed by atoms with Gasteiger partial charge in [0.15, 0.2) is 0 Å². The highest BCUT2D eigenvalue weighted by atomic mass is 16.1. The highest BCUT2D eigenvalue weighted by molar-refractivity contribution is 6.07. The molecule has 0 fully saturated rings. The van der Waals surface area contributed by atoms with Crippen molar-refractivity contribution in [2.75, 3.05) is 0 Å². The molecular formula is C30H36N2O. The van der Waals surface area contributed by atoms with Crippen LogP contribution in [0.2, 0.25) is 0 Å². The molecule has 4 aromatic rings. The first-order valence-corrected chi connectivity index (χ1v) is 12.1. The summed E-state index contributed by atoms with van der Waals surface area (Å²) >= 11 is 0. The SMILES string of the molecule is CCCCC(CC)c1c[nH]c2c(C(N)=O)cc(-c3ccccc3)cc12.CCc1ccccc1. The van der Waals surface area contributed by atoms with Crippen molar-refractivity contribution in [1.29, 1.82) is 0 Å². The third-order valence-electron chi connectivity index (χ3n) is 6.28. The minimum absolute atomic E-state index is 0.391. The molecule has 1 aromatic heterocycles. The summed E-state index contributed by atoms with van der Waals surface area (Å²) in [4.78, 5) is 15.3. The molecule has 0 saturated heterocycles. The highest BCUT2D eigenvalue weighted by Gasteiger charge is 2.18. The van der Waals surface area contributed by atoms with Crippen LogP contribution in [0.5, 0.6) is 0 Å². The number of aromatic nitrogens is 1. The summed E-state index contributed by atoms with van der Waals surface area (Å²) in [6, 6.07) is 24.7. The number of aryl methyl sites for hydroxylation is 1. The van der Waals surface area contributed by atoms with Crippen LogP contribution in [0.1, 0.15) is 73.9 Å². The van der Waals surface area contributed by atoms with Gasteiger partial charge in [-0.2, -0.15) is 0 Å². The van der Waals surface area contributed by atoms with Crippen molar-refractivity contribution in [3.63, 3.8) is 0 Å². The van der Waals surface area contributed by atoms with Crippen molar-refractivity contribution >= 4 is 16.8 Å². The summed E-state index contributed by atoms with van der Waals surface area (Å²) in [7, 11) is 0. The third-order valence-corrected chi connectivity index (χ3v) is 6.28. The average Bonchev–Trinajstić information content (AvgIpc) is 3.29. The van der Waals surface area contributed by atoms with Gasteiger partial charge in [0.05, 0.1) is 11.1 Å². The molecule has 3 nitrogen and oxygen atoms in total. The molecule has 1 amide bonds. The Morgan fingerprint density at radius 3 is 2.12 bits per heavy atom. The molecule has 3 aromatic carbocycles. The minimum Gasteiger partial charge on any atom is -0.366 e. The highest BCUT2D eigenvalue weighted by Crippen LogP contribution is 2.35. The zero-order chi connectivity index (χ0) is 23.6. The van der Waals surface area contributed by atoms with Crippen LogP contribution < -0.4 is 5.73 Å². The summed E-state index contributed by atoms with van der Waals surface area (Å²) < 4.78 is 0. The van der Waals surface area contributed by atoms with Gasteiger partial charge in [-0.3, -0.25) is 4.79 Å². The van der Waals surface area contributed by atoms with E-state index in [4.69, 9.17) is 5.73 Å². The number of carbonyl (C=O) groups is 1. The Bertz CT molecular complexity index is 1150. The zero-order valence-electron chi connectivity index (χ0n) is 20.1. The second-order valence-corrected chi connectivity index (χ2v) is 8.51. The lowest BCUT2D eigenvalue weighted by Crippen LogP contribution is -2.11. The molecule has 0 aliphatic rings. The number of aromatic amines is 1. The maximum absolute atomic E-state index is 12.0. The van der Waals surface area contributed by atoms with E-state index in [1.165, 1.54) is 30.4 Å². The van der Waals surface area contributed by atoms with E-state index in [0.717, 1.165) is 34.9 Å². The van der Waals surface area contributed by atoms with Crippen LogP contribution in [0.3, 0.4) is 0 Å². The fourth-order valence-electron chi connectivity index (χ4n) is 4.33. The van der Waals surface area contributed by atoms with Crippen molar-refractivity contribution in [3.8, 4) is 11.1 Å². The average molecular weight is 441 g/mol. The number of hydrogen-bond donors (Lipinski definition) is 2. The monoisotopic (exact) mass is 440 g/mol. The smallest absolute Gasteiger partial charge is 0.250 e. The fraction of sp³-hybridized carbons (Fsp3) is 0.300. The van der Waals surface area contributed by atoms with Crippen LogP contribution in [0.25, 0.3) is 22.0 Å². The molecule has 1 heterocycles. The Morgan fingerprint density at radius 2 is 1.58 bits per heavy atom. The van der Waals surface area contributed by atoms with Gasteiger partial charge in [-0.1, -0.05) is 94.3 Å². The summed E-state index contributed by atoms with van der Waals surface area (Å²) in [5, 5.41) is 1.12. The van der Waals surface area contributed by atoms with Gasteiger partial charge in [-0.15, -0.1) is 0 Å². The van der Waals surface area contributed by atoms with Gasteiger partial charge in [0, 0.05) is 11.6 Å². The van der Waals surface area contributed by atoms with E-state index < -0.39 is 5.91 Å². The maximum atomic E-state index is 12.0. The molecule has 0 saturated carbocycles. The van der Waals surface area contributed by atoms with Gasteiger partial charge in [-0.05, 0) is 59.6 Å². The van der Waals surface area contributed by atoms with Gasteiger partial charge in [0.25, 0.3) is 5.91 Å². The number of carbonyl (C=O) groups excluding carboxylic acids is 1. The summed E-state index contributed by atoms with van der Waals surface area (Å²) in [5.41, 5.74) is 11.9. The number of nitrogens with one attached hydrogen (secondary N) is 1. The first-order valence-electron chi connectivity index (χ1n) is 12.1. The van der Waals surface area contributed by atoms with Crippen LogP contribution in [-0.4, -0.2) is 10.9 Å². The van der Waals surface area contributed by atoms with Crippen molar-refractivity contribution in [2.45, 2.75) is 58.8 Å². The Kier molecular flexibility index (Phi) is 8.88. The first kappa shape index (κ1) is 24.3. The van der Waals surface area contributed by atoms with Crippen molar-refractivity contribution in [1.82, 2.24) is 4.98 Å². The molecule has 172 valence electrons. The van der Waals surface area contributed by atoms with Crippen LogP contribution in [0, 0.1) is 0 Å². The maximum Gasteiger partial charge on any atom is 0.250 e. The molecule has 0 bridgehead atoms. The van der Waals surface area contributed by atoms with Crippen molar-refractivity contribution in [2.24, 2.45) is 5.73 Å². The second kappa shape index (κ2) is 12.1. The number of benzene rings is 3. The van der Waals surface area contributed by atoms with Gasteiger partial charge in [0.2, 0.25) is 0 Å². The summed E-state index contributed by atoms with van der Waals surface area (Å²) in [5.74, 6) is 0.109. The van der Waals surface area contributed by atoms with Crippen molar-refractivity contribution in [3.05, 3.63) is 95.7 Å². The molecule has 3 N–H and O–H groups in total. The number of H-pyrrole nitrogens is 1. The van der Waals surface area contributed by atoms with Crippen LogP contribution >= 0.6 is 0 Å². The van der Waals surface area contributed by atoms with Crippen molar-refractivity contribution < 1.29 is 4.79 Å². The molecule has 4 rings (SSSR count). The molecule has 33 heavy (non-hydrogen) atoms. The topological polar surface area (TPSA) is 58.9 Å². The second-order valence-electron chi connectivity index (χ2n) is 8.51. The summed E-state index contributed by atoms with van der Waals surface area (Å²) in [6.07, 6.45) is 7.87. The van der Waals surface area contributed by atoms with E-state index in [2.05, 4.69) is 74.4 Å². The lowest BCUT2D eigenvalue weighted by molar-refractivity contribution is 0.100. The van der Waals surface area contributed by atoms with Gasteiger partial charge in [0.1, 0.15) is 0 Å². The number of rotatable bonds is 8. The van der Waals surface area contributed by atoms with E-state index in [9.17, 15) is 4.79 Å². The predicted molar refractivity (Wildman–Crippen MR) is 141 cm³/mol. The van der Waals surface area contributed by atoms with Crippen LogP contribution in [0.15, 0.2) is 79.0 Å². The Hall–Kier alpha value is -3.33. The number of unbranched alkanes of at least 4 members (excludes halogenated alkanes) is 1. The normalized spacial score (nSPS) is 11.6. The molecular weight excluding hydrogens is 404 g/mol. The molecule has 0 spiro atoms. The quantitative estimate of drug-likeness (QED) is 0.288. The van der Waals surface area contributed by atoms with E-state index in [1.54, 1.807) is 0 Å². The zero-order valence-corrected chi connectivity index (χ0v) is 20.1. The lowest BCUT2D eigenvalue weighted by atomic mass is 9.89. The third kappa shape index (κ3) is 6.13. The van der Waals surface area contributed by atoms with Crippen LogP contribution in [0.4, 0.5) is 0 Å². The number of fused-ring (bicyclic) bond motifs is 1. The molecule has 0 radical (unpaired) electrons. The molecule has 1 unspecified atom stereocenters. The van der Waals surface area contributed by atoms with E-state index in [-0.39, 0.29) is 0 Å². The lowest BCUT2D eigenvalue weighted by Gasteiger charge is -2.14.